The summed E-state index contributed by atoms with van der Waals surface area (Å²) >= 11 is 1.67. The molecule has 2 atom stereocenters. The number of anilines is 1. The molecule has 0 bridgehead atoms. The molecule has 0 aliphatic carbocycles. The standard InChI is InChI=1S/C26H29N5OS/c1-17-11-13-22(14-12-17)31-24-23(19(3)29-31)33-26(28-24)30-15-7-10-21(16-30)25(32)27-18(2)20-8-5-4-6-9-20/h4-6,8-9,11-14,18,21H,7,10,15-16H2,1-3H3,(H,27,32). The van der Waals surface area contributed by atoms with Gasteiger partial charge in [-0.1, -0.05) is 59.4 Å². The normalized spacial score (nSPS) is 17.3. The number of nitrogens with zero attached hydrogens (tertiary/aromatic N) is 4. The molecule has 3 heterocycles. The number of aromatic nitrogens is 3. The van der Waals surface area contributed by atoms with Gasteiger partial charge < -0.3 is 10.2 Å². The second-order valence-electron chi connectivity index (χ2n) is 8.91. The minimum atomic E-state index is -0.0355. The number of nitrogens with one attached hydrogen (secondary N) is 1. The number of hydrogen-bond donors (Lipinski definition) is 1. The molecule has 7 heteroatoms. The number of benzene rings is 2. The van der Waals surface area contributed by atoms with Crippen LogP contribution < -0.4 is 10.2 Å². The number of carbonyl (C=O) groups excluding carboxylic acids is 1. The molecule has 1 saturated heterocycles. The Balaban J connectivity index is 1.34. The fraction of sp³-hybridized carbons (Fsp3) is 0.346. The van der Waals surface area contributed by atoms with E-state index in [4.69, 9.17) is 10.1 Å². The number of amides is 1. The van der Waals surface area contributed by atoms with E-state index in [0.29, 0.717) is 6.54 Å². The van der Waals surface area contributed by atoms with Gasteiger partial charge in [0.1, 0.15) is 0 Å². The van der Waals surface area contributed by atoms with Crippen molar-refractivity contribution in [3.63, 3.8) is 0 Å². The molecule has 33 heavy (non-hydrogen) atoms. The van der Waals surface area contributed by atoms with Crippen LogP contribution in [0.3, 0.4) is 0 Å². The second-order valence-corrected chi connectivity index (χ2v) is 9.89. The molecule has 4 aromatic rings. The number of hydrogen-bond acceptors (Lipinski definition) is 5. The Hall–Kier alpha value is -3.19. The second kappa shape index (κ2) is 8.98. The molecule has 0 spiro atoms. The topological polar surface area (TPSA) is 63.1 Å². The first-order valence-corrected chi connectivity index (χ1v) is 12.3. The maximum Gasteiger partial charge on any atom is 0.225 e. The molecule has 6 nitrogen and oxygen atoms in total. The van der Waals surface area contributed by atoms with Gasteiger partial charge in [-0.15, -0.1) is 0 Å². The maximum absolute atomic E-state index is 13.0. The number of rotatable bonds is 5. The van der Waals surface area contributed by atoms with Gasteiger partial charge in [-0.25, -0.2) is 4.68 Å². The Kier molecular flexibility index (Phi) is 5.89. The Morgan fingerprint density at radius 2 is 1.88 bits per heavy atom. The van der Waals surface area contributed by atoms with Crippen LogP contribution in [-0.4, -0.2) is 33.8 Å². The minimum Gasteiger partial charge on any atom is -0.349 e. The van der Waals surface area contributed by atoms with Crippen molar-refractivity contribution in [1.82, 2.24) is 20.1 Å². The van der Waals surface area contributed by atoms with Crippen molar-refractivity contribution in [2.45, 2.75) is 39.7 Å². The minimum absolute atomic E-state index is 0.000306. The van der Waals surface area contributed by atoms with E-state index in [2.05, 4.69) is 53.5 Å². The highest BCUT2D eigenvalue weighted by Crippen LogP contribution is 2.34. The molecule has 170 valence electrons. The van der Waals surface area contributed by atoms with Crippen LogP contribution in [-0.2, 0) is 4.79 Å². The summed E-state index contributed by atoms with van der Waals surface area (Å²) in [5.41, 5.74) is 5.23. The van der Waals surface area contributed by atoms with E-state index in [1.54, 1.807) is 11.3 Å². The lowest BCUT2D eigenvalue weighted by Gasteiger charge is -2.32. The largest absolute Gasteiger partial charge is 0.349 e. The number of aryl methyl sites for hydroxylation is 2. The third-order valence-corrected chi connectivity index (χ3v) is 7.59. The highest BCUT2D eigenvalue weighted by atomic mass is 32.1. The molecule has 2 aromatic carbocycles. The predicted octanol–water partition coefficient (Wildman–Crippen LogP) is 5.19. The summed E-state index contributed by atoms with van der Waals surface area (Å²) in [5, 5.41) is 8.90. The Morgan fingerprint density at radius 1 is 1.12 bits per heavy atom. The van der Waals surface area contributed by atoms with Crippen LogP contribution in [0.25, 0.3) is 16.0 Å². The molecule has 1 fully saturated rings. The third-order valence-electron chi connectivity index (χ3n) is 6.38. The first-order valence-electron chi connectivity index (χ1n) is 11.5. The van der Waals surface area contributed by atoms with E-state index in [0.717, 1.165) is 51.8 Å². The Bertz CT molecular complexity index is 1260. The Labute approximate surface area is 198 Å². The zero-order chi connectivity index (χ0) is 22.9. The SMILES string of the molecule is Cc1ccc(-n2nc(C)c3sc(N4CCCC(C(=O)NC(C)c5ccccc5)C4)nc32)cc1. The zero-order valence-corrected chi connectivity index (χ0v) is 20.1. The molecular weight excluding hydrogens is 430 g/mol. The van der Waals surface area contributed by atoms with Gasteiger partial charge in [0.25, 0.3) is 0 Å². The number of fused-ring (bicyclic) bond motifs is 1. The molecule has 1 aliphatic heterocycles. The van der Waals surface area contributed by atoms with Gasteiger partial charge in [0.2, 0.25) is 5.91 Å². The predicted molar refractivity (Wildman–Crippen MR) is 134 cm³/mol. The highest BCUT2D eigenvalue weighted by molar-refractivity contribution is 7.22. The van der Waals surface area contributed by atoms with Gasteiger partial charge in [-0.3, -0.25) is 4.79 Å². The summed E-state index contributed by atoms with van der Waals surface area (Å²) in [6.07, 6.45) is 1.89. The maximum atomic E-state index is 13.0. The average Bonchev–Trinajstić information content (AvgIpc) is 3.41. The van der Waals surface area contributed by atoms with E-state index in [9.17, 15) is 4.79 Å². The van der Waals surface area contributed by atoms with Gasteiger partial charge >= 0.3 is 0 Å². The van der Waals surface area contributed by atoms with E-state index < -0.39 is 0 Å². The monoisotopic (exact) mass is 459 g/mol. The van der Waals surface area contributed by atoms with Crippen molar-refractivity contribution >= 4 is 32.7 Å². The molecule has 1 amide bonds. The van der Waals surface area contributed by atoms with E-state index >= 15 is 0 Å². The smallest absolute Gasteiger partial charge is 0.225 e. The lowest BCUT2D eigenvalue weighted by Crippen LogP contribution is -2.43. The van der Waals surface area contributed by atoms with E-state index in [-0.39, 0.29) is 17.9 Å². The van der Waals surface area contributed by atoms with Crippen molar-refractivity contribution < 1.29 is 4.79 Å². The van der Waals surface area contributed by atoms with Crippen LogP contribution in [0, 0.1) is 19.8 Å². The fourth-order valence-corrected chi connectivity index (χ4v) is 5.47. The van der Waals surface area contributed by atoms with Crippen molar-refractivity contribution in [2.24, 2.45) is 5.92 Å². The van der Waals surface area contributed by atoms with Crippen molar-refractivity contribution in [1.29, 1.82) is 0 Å². The summed E-state index contributed by atoms with van der Waals surface area (Å²) in [4.78, 5) is 20.3. The van der Waals surface area contributed by atoms with Crippen molar-refractivity contribution in [3.8, 4) is 5.69 Å². The third kappa shape index (κ3) is 4.37. The lowest BCUT2D eigenvalue weighted by molar-refractivity contribution is -0.125. The van der Waals surface area contributed by atoms with Crippen molar-refractivity contribution in [2.75, 3.05) is 18.0 Å². The molecule has 2 unspecified atom stereocenters. The highest BCUT2D eigenvalue weighted by Gasteiger charge is 2.29. The zero-order valence-electron chi connectivity index (χ0n) is 19.3. The van der Waals surface area contributed by atoms with Crippen LogP contribution in [0.1, 0.15) is 42.6 Å². The van der Waals surface area contributed by atoms with Gasteiger partial charge in [-0.2, -0.15) is 10.1 Å². The summed E-state index contributed by atoms with van der Waals surface area (Å²) in [6.45, 7) is 7.77. The number of carbonyl (C=O) groups is 1. The summed E-state index contributed by atoms with van der Waals surface area (Å²) in [6, 6.07) is 18.5. The van der Waals surface area contributed by atoms with E-state index in [1.165, 1.54) is 5.56 Å². The van der Waals surface area contributed by atoms with Gasteiger partial charge in [0, 0.05) is 13.1 Å². The summed E-state index contributed by atoms with van der Waals surface area (Å²) in [7, 11) is 0. The van der Waals surface area contributed by atoms with Crippen LogP contribution in [0.5, 0.6) is 0 Å². The lowest BCUT2D eigenvalue weighted by atomic mass is 9.96. The first kappa shape index (κ1) is 21.6. The van der Waals surface area contributed by atoms with Gasteiger partial charge in [-0.05, 0) is 51.3 Å². The first-order chi connectivity index (χ1) is 16.0. The molecule has 1 N–H and O–H groups in total. The molecule has 2 aromatic heterocycles. The fourth-order valence-electron chi connectivity index (χ4n) is 4.45. The van der Waals surface area contributed by atoms with Crippen LogP contribution in [0.2, 0.25) is 0 Å². The van der Waals surface area contributed by atoms with Crippen LogP contribution >= 0.6 is 11.3 Å². The number of piperidine rings is 1. The van der Waals surface area contributed by atoms with E-state index in [1.807, 2.05) is 36.7 Å². The molecular formula is C26H29N5OS. The molecule has 5 rings (SSSR count). The van der Waals surface area contributed by atoms with Crippen LogP contribution in [0.15, 0.2) is 54.6 Å². The average molecular weight is 460 g/mol. The van der Waals surface area contributed by atoms with Crippen LogP contribution in [0.4, 0.5) is 5.13 Å². The number of thiazole rings is 1. The van der Waals surface area contributed by atoms with Crippen molar-refractivity contribution in [3.05, 3.63) is 71.4 Å². The Morgan fingerprint density at radius 3 is 2.64 bits per heavy atom. The molecule has 0 saturated carbocycles. The van der Waals surface area contributed by atoms with Gasteiger partial charge in [0.15, 0.2) is 10.8 Å². The molecule has 0 radical (unpaired) electrons. The van der Waals surface area contributed by atoms with Gasteiger partial charge in [0.05, 0.1) is 28.0 Å². The summed E-state index contributed by atoms with van der Waals surface area (Å²) < 4.78 is 3.04. The summed E-state index contributed by atoms with van der Waals surface area (Å²) in [5.74, 6) is 0.0887. The molecule has 1 aliphatic rings. The quantitative estimate of drug-likeness (QED) is 0.446.